The van der Waals surface area contributed by atoms with Gasteiger partial charge >= 0.3 is 0 Å². The average Bonchev–Trinajstić information content (AvgIpc) is 3.08. The van der Waals surface area contributed by atoms with E-state index < -0.39 is 0 Å². The molecule has 1 N–H and O–H groups in total. The fraction of sp³-hybridized carbons (Fsp3) is 0.724. The maximum absolute atomic E-state index is 10.1. The van der Waals surface area contributed by atoms with E-state index in [4.69, 9.17) is 0 Å². The van der Waals surface area contributed by atoms with Crippen molar-refractivity contribution in [2.45, 2.75) is 105 Å². The van der Waals surface area contributed by atoms with Crippen LogP contribution in [0.4, 0.5) is 0 Å². The molecule has 0 amide bonds. The lowest BCUT2D eigenvalue weighted by Crippen LogP contribution is -2.35. The van der Waals surface area contributed by atoms with Crippen molar-refractivity contribution in [2.24, 2.45) is 29.1 Å². The molecule has 1 heteroatoms. The summed E-state index contributed by atoms with van der Waals surface area (Å²) >= 11 is 0. The number of fused-ring (bicyclic) bond motifs is 1. The van der Waals surface area contributed by atoms with Crippen molar-refractivity contribution in [3.8, 4) is 0 Å². The minimum Gasteiger partial charge on any atom is -0.388 e. The predicted molar refractivity (Wildman–Crippen MR) is 135 cm³/mol. The average molecular weight is 415 g/mol. The van der Waals surface area contributed by atoms with Gasteiger partial charge in [0, 0.05) is 1.43 Å². The van der Waals surface area contributed by atoms with Gasteiger partial charge in [-0.1, -0.05) is 78.0 Å². The Labute approximate surface area is 188 Å². The van der Waals surface area contributed by atoms with Crippen LogP contribution in [0, 0.1) is 29.1 Å². The Morgan fingerprint density at radius 1 is 1.10 bits per heavy atom. The molecule has 0 radical (unpaired) electrons. The molecule has 0 heterocycles. The monoisotopic (exact) mass is 414 g/mol. The smallest absolute Gasteiger partial charge is 0.0787 e. The number of aliphatic hydroxyl groups is 1. The number of hydrogen-bond donors (Lipinski definition) is 1. The molecule has 0 aromatic carbocycles. The van der Waals surface area contributed by atoms with E-state index in [0.717, 1.165) is 42.6 Å². The molecule has 3 fully saturated rings. The molecule has 3 rings (SSSR count). The van der Waals surface area contributed by atoms with Crippen molar-refractivity contribution in [1.29, 1.82) is 0 Å². The van der Waals surface area contributed by atoms with E-state index in [1.54, 1.807) is 5.57 Å². The van der Waals surface area contributed by atoms with Gasteiger partial charge in [-0.2, -0.15) is 0 Å². The largest absolute Gasteiger partial charge is 0.388 e. The van der Waals surface area contributed by atoms with Gasteiger partial charge in [0.1, 0.15) is 0 Å². The van der Waals surface area contributed by atoms with E-state index in [1.165, 1.54) is 44.1 Å². The highest BCUT2D eigenvalue weighted by Gasteiger charge is 2.50. The van der Waals surface area contributed by atoms with Gasteiger partial charge in [-0.3, -0.25) is 0 Å². The lowest BCUT2D eigenvalue weighted by Gasteiger charge is -2.44. The summed E-state index contributed by atoms with van der Waals surface area (Å²) in [7, 11) is 0. The Morgan fingerprint density at radius 3 is 2.53 bits per heavy atom. The van der Waals surface area contributed by atoms with Crippen molar-refractivity contribution >= 4 is 0 Å². The third kappa shape index (κ3) is 5.78. The molecule has 0 aliphatic heterocycles. The first-order valence-corrected chi connectivity index (χ1v) is 12.8. The topological polar surface area (TPSA) is 20.2 Å². The molecule has 0 aromatic rings. The highest BCUT2D eigenvalue weighted by Crippen LogP contribution is 2.59. The summed E-state index contributed by atoms with van der Waals surface area (Å²) in [5.74, 6) is 2.98. The maximum Gasteiger partial charge on any atom is 0.0787 e. The third-order valence-corrected chi connectivity index (χ3v) is 7.96. The first kappa shape index (κ1) is 25.2. The minimum atomic E-state index is -0.329. The van der Waals surface area contributed by atoms with Crippen LogP contribution in [-0.4, -0.2) is 11.2 Å². The summed E-state index contributed by atoms with van der Waals surface area (Å²) in [6, 6.07) is 0. The maximum atomic E-state index is 10.1. The van der Waals surface area contributed by atoms with Gasteiger partial charge in [0.15, 0.2) is 0 Å². The summed E-state index contributed by atoms with van der Waals surface area (Å²) in [5.41, 5.74) is 4.34. The first-order valence-electron chi connectivity index (χ1n) is 12.8. The first-order chi connectivity index (χ1) is 14.3. The number of allylic oxidation sites excluding steroid dienone is 5. The van der Waals surface area contributed by atoms with Crippen molar-refractivity contribution in [1.82, 2.24) is 0 Å². The molecule has 2 unspecified atom stereocenters. The molecule has 3 aliphatic rings. The van der Waals surface area contributed by atoms with Crippen molar-refractivity contribution in [3.63, 3.8) is 0 Å². The zero-order chi connectivity index (χ0) is 22.3. The molecule has 172 valence electrons. The Morgan fingerprint density at radius 2 is 1.83 bits per heavy atom. The summed E-state index contributed by atoms with van der Waals surface area (Å²) in [4.78, 5) is 0. The van der Waals surface area contributed by atoms with Crippen LogP contribution in [0.5, 0.6) is 0 Å². The lowest BCUT2D eigenvalue weighted by atomic mass is 9.61. The van der Waals surface area contributed by atoms with Crippen molar-refractivity contribution < 1.29 is 6.53 Å². The van der Waals surface area contributed by atoms with Crippen LogP contribution in [0.3, 0.4) is 0 Å². The highest BCUT2D eigenvalue weighted by molar-refractivity contribution is 5.37. The van der Waals surface area contributed by atoms with Gasteiger partial charge < -0.3 is 5.11 Å². The molecule has 0 bridgehead atoms. The van der Waals surface area contributed by atoms with Gasteiger partial charge in [0.2, 0.25) is 0 Å². The number of rotatable bonds is 5. The van der Waals surface area contributed by atoms with Gasteiger partial charge in [0.05, 0.1) is 6.10 Å². The molecule has 0 saturated heterocycles. The second-order valence-corrected chi connectivity index (χ2v) is 10.4. The van der Waals surface area contributed by atoms with E-state index in [1.807, 2.05) is 13.8 Å². The molecule has 3 saturated carbocycles. The van der Waals surface area contributed by atoms with Gasteiger partial charge in [-0.25, -0.2) is 0 Å². The standard InChI is InChI=1S/C27H42O.C2H6.H2/c1-19(2)9-6-10-20(3)24-16-17-25-23(12-8-18-27(24,25)5)15-14-22-11-7-13-26(28)21(22)4;1-2;/h6,10,14-15,19-20,24-26,28H,4,7-9,11-13,16-18H2,1-3,5H3;1-2H3;1H/b10-6+,22-14-,23-15+;;/t20-,24?,25?,26+,27-;;/m1../s1. The van der Waals surface area contributed by atoms with E-state index in [0.29, 0.717) is 11.3 Å². The molecule has 1 nitrogen and oxygen atoms in total. The number of aliphatic hydroxyl groups excluding tert-OH is 1. The Bertz CT molecular complexity index is 656. The van der Waals surface area contributed by atoms with Crippen LogP contribution >= 0.6 is 0 Å². The quantitative estimate of drug-likeness (QED) is 0.446. The van der Waals surface area contributed by atoms with Gasteiger partial charge in [-0.15, -0.1) is 0 Å². The lowest BCUT2D eigenvalue weighted by molar-refractivity contribution is 0.112. The number of hydrogen-bond acceptors (Lipinski definition) is 1. The summed E-state index contributed by atoms with van der Waals surface area (Å²) in [6.07, 6.45) is 20.2. The molecule has 0 aromatic heterocycles. The van der Waals surface area contributed by atoms with E-state index in [-0.39, 0.29) is 7.53 Å². The minimum absolute atomic E-state index is 0. The van der Waals surface area contributed by atoms with Crippen LogP contribution in [0.25, 0.3) is 0 Å². The van der Waals surface area contributed by atoms with Crippen LogP contribution < -0.4 is 0 Å². The Hall–Kier alpha value is -1.08. The second kappa shape index (κ2) is 11.5. The Balaban J connectivity index is 0.00000156. The summed E-state index contributed by atoms with van der Waals surface area (Å²) < 4.78 is 0. The molecular formula is C29H50O. The van der Waals surface area contributed by atoms with Gasteiger partial charge in [0.25, 0.3) is 0 Å². The zero-order valence-electron chi connectivity index (χ0n) is 20.7. The van der Waals surface area contributed by atoms with Crippen LogP contribution in [-0.2, 0) is 0 Å². The fourth-order valence-electron chi connectivity index (χ4n) is 6.28. The normalized spacial score (nSPS) is 35.6. The van der Waals surface area contributed by atoms with E-state index >= 15 is 0 Å². The molecular weight excluding hydrogens is 364 g/mol. The summed E-state index contributed by atoms with van der Waals surface area (Å²) in [5, 5.41) is 10.1. The molecule has 5 atom stereocenters. The van der Waals surface area contributed by atoms with Crippen molar-refractivity contribution in [3.05, 3.63) is 47.6 Å². The molecule has 30 heavy (non-hydrogen) atoms. The molecule has 0 spiro atoms. The Kier molecular flexibility index (Phi) is 9.67. The van der Waals surface area contributed by atoms with E-state index in [9.17, 15) is 5.11 Å². The molecule has 3 aliphatic carbocycles. The fourth-order valence-corrected chi connectivity index (χ4v) is 6.28. The third-order valence-electron chi connectivity index (χ3n) is 7.96. The zero-order valence-corrected chi connectivity index (χ0v) is 20.7. The summed E-state index contributed by atoms with van der Waals surface area (Å²) in [6.45, 7) is 17.8. The van der Waals surface area contributed by atoms with Gasteiger partial charge in [-0.05, 0) is 98.0 Å². The van der Waals surface area contributed by atoms with Crippen LogP contribution in [0.2, 0.25) is 0 Å². The van der Waals surface area contributed by atoms with Crippen LogP contribution in [0.15, 0.2) is 47.6 Å². The SMILES string of the molecule is C=C1/C(=C\C=C2/CCC[C@@]3(C)C2CCC3[C@H](C)/C=C/CC(C)C)CCC[C@@H]1O.CC.[HH]. The predicted octanol–water partition coefficient (Wildman–Crippen LogP) is 8.67. The van der Waals surface area contributed by atoms with Crippen LogP contribution in [0.1, 0.15) is 101 Å². The van der Waals surface area contributed by atoms with E-state index in [2.05, 4.69) is 58.6 Å². The second-order valence-electron chi connectivity index (χ2n) is 10.4. The highest BCUT2D eigenvalue weighted by atomic mass is 16.3. The van der Waals surface area contributed by atoms with Crippen molar-refractivity contribution in [2.75, 3.05) is 0 Å².